The summed E-state index contributed by atoms with van der Waals surface area (Å²) in [5.41, 5.74) is 1.45. The van der Waals surface area contributed by atoms with Gasteiger partial charge in [-0.3, -0.25) is 0 Å². The highest BCUT2D eigenvalue weighted by molar-refractivity contribution is 5.27. The highest BCUT2D eigenvalue weighted by Gasteiger charge is 2.22. The Morgan fingerprint density at radius 1 is 1.00 bits per heavy atom. The summed E-state index contributed by atoms with van der Waals surface area (Å²) in [5.74, 6) is 2.81. The number of likely N-dealkylation sites (tertiary alicyclic amines) is 1. The topological polar surface area (TPSA) is 24.5 Å². The Morgan fingerprint density at radius 2 is 1.70 bits per heavy atom. The van der Waals surface area contributed by atoms with E-state index in [-0.39, 0.29) is 0 Å². The number of hydrogen-bond acceptors (Lipinski definition) is 3. The van der Waals surface area contributed by atoms with Crippen LogP contribution in [-0.4, -0.2) is 44.7 Å². The maximum atomic E-state index is 5.23. The molecule has 0 radical (unpaired) electrons. The van der Waals surface area contributed by atoms with Crippen LogP contribution in [0.1, 0.15) is 37.7 Å². The fraction of sp³-hybridized carbons (Fsp3) is 0.700. The van der Waals surface area contributed by atoms with Crippen LogP contribution in [0.4, 0.5) is 0 Å². The number of methoxy groups -OCH3 is 1. The summed E-state index contributed by atoms with van der Waals surface area (Å²) in [6.45, 7) is 6.42. The van der Waals surface area contributed by atoms with E-state index in [4.69, 9.17) is 4.74 Å². The minimum Gasteiger partial charge on any atom is -0.497 e. The van der Waals surface area contributed by atoms with Crippen LogP contribution in [0.2, 0.25) is 0 Å². The second-order valence-electron chi connectivity index (χ2n) is 7.32. The van der Waals surface area contributed by atoms with E-state index in [9.17, 15) is 0 Å². The van der Waals surface area contributed by atoms with E-state index in [1.54, 1.807) is 7.11 Å². The number of rotatable bonds is 6. The lowest BCUT2D eigenvalue weighted by molar-refractivity contribution is 0.145. The molecular weight excluding hydrogens is 284 g/mol. The lowest BCUT2D eigenvalue weighted by Gasteiger charge is -2.35. The summed E-state index contributed by atoms with van der Waals surface area (Å²) in [4.78, 5) is 2.72. The monoisotopic (exact) mass is 316 g/mol. The normalized spacial score (nSPS) is 21.4. The Hall–Kier alpha value is -1.06. The maximum Gasteiger partial charge on any atom is 0.118 e. The van der Waals surface area contributed by atoms with Gasteiger partial charge in [-0.1, -0.05) is 12.1 Å². The molecule has 0 spiro atoms. The van der Waals surface area contributed by atoms with Gasteiger partial charge in [0.05, 0.1) is 7.11 Å². The predicted molar refractivity (Wildman–Crippen MR) is 96.1 cm³/mol. The first-order valence-electron chi connectivity index (χ1n) is 9.39. The van der Waals surface area contributed by atoms with Crippen molar-refractivity contribution in [3.8, 4) is 5.75 Å². The summed E-state index contributed by atoms with van der Waals surface area (Å²) in [6, 6.07) is 8.59. The summed E-state index contributed by atoms with van der Waals surface area (Å²) in [6.07, 6.45) is 8.08. The Labute approximate surface area is 141 Å². The Balaban J connectivity index is 1.35. The number of aryl methyl sites for hydroxylation is 1. The zero-order valence-corrected chi connectivity index (χ0v) is 14.6. The highest BCUT2D eigenvalue weighted by atomic mass is 16.5. The van der Waals surface area contributed by atoms with Crippen molar-refractivity contribution in [1.82, 2.24) is 10.2 Å². The number of piperidine rings is 2. The van der Waals surface area contributed by atoms with Crippen molar-refractivity contribution in [2.75, 3.05) is 39.8 Å². The standard InChI is InChI=1S/C20H32N2O/c1-23-20-6-4-17(5-7-20)2-3-18-10-14-22(15-11-18)16-19-8-12-21-13-9-19/h4-7,18-19,21H,2-3,8-16H2,1H3. The molecule has 3 nitrogen and oxygen atoms in total. The van der Waals surface area contributed by atoms with Gasteiger partial charge in [0.2, 0.25) is 0 Å². The van der Waals surface area contributed by atoms with Crippen LogP contribution in [0.15, 0.2) is 24.3 Å². The lowest BCUT2D eigenvalue weighted by Crippen LogP contribution is -2.40. The number of nitrogens with one attached hydrogen (secondary N) is 1. The first-order chi connectivity index (χ1) is 11.3. The number of hydrogen-bond donors (Lipinski definition) is 1. The van der Waals surface area contributed by atoms with Gasteiger partial charge in [-0.05, 0) is 94.2 Å². The third-order valence-corrected chi connectivity index (χ3v) is 5.68. The molecule has 0 saturated carbocycles. The van der Waals surface area contributed by atoms with E-state index in [1.165, 1.54) is 76.8 Å². The van der Waals surface area contributed by atoms with Crippen LogP contribution in [0.5, 0.6) is 5.75 Å². The third kappa shape index (κ3) is 5.22. The zero-order valence-electron chi connectivity index (χ0n) is 14.6. The first kappa shape index (κ1) is 16.8. The van der Waals surface area contributed by atoms with Crippen LogP contribution in [-0.2, 0) is 6.42 Å². The van der Waals surface area contributed by atoms with Crippen molar-refractivity contribution < 1.29 is 4.74 Å². The minimum atomic E-state index is 0.918. The van der Waals surface area contributed by atoms with Crippen LogP contribution in [0.25, 0.3) is 0 Å². The minimum absolute atomic E-state index is 0.918. The number of ether oxygens (including phenoxy) is 1. The van der Waals surface area contributed by atoms with Gasteiger partial charge in [0.1, 0.15) is 5.75 Å². The molecule has 23 heavy (non-hydrogen) atoms. The molecule has 1 N–H and O–H groups in total. The third-order valence-electron chi connectivity index (χ3n) is 5.68. The van der Waals surface area contributed by atoms with Crippen molar-refractivity contribution in [2.45, 2.75) is 38.5 Å². The van der Waals surface area contributed by atoms with E-state index in [0.717, 1.165) is 17.6 Å². The van der Waals surface area contributed by atoms with Gasteiger partial charge in [0.15, 0.2) is 0 Å². The molecule has 0 aromatic heterocycles. The zero-order chi connectivity index (χ0) is 15.9. The van der Waals surface area contributed by atoms with Gasteiger partial charge in [0, 0.05) is 6.54 Å². The van der Waals surface area contributed by atoms with Crippen molar-refractivity contribution in [3.05, 3.63) is 29.8 Å². The summed E-state index contributed by atoms with van der Waals surface area (Å²) in [5, 5.41) is 3.47. The van der Waals surface area contributed by atoms with Gasteiger partial charge in [-0.25, -0.2) is 0 Å². The van der Waals surface area contributed by atoms with Crippen LogP contribution in [0, 0.1) is 11.8 Å². The SMILES string of the molecule is COc1ccc(CCC2CCN(CC3CCNCC3)CC2)cc1. The van der Waals surface area contributed by atoms with Gasteiger partial charge >= 0.3 is 0 Å². The molecule has 1 aromatic rings. The molecule has 1 aromatic carbocycles. The first-order valence-corrected chi connectivity index (χ1v) is 9.39. The molecule has 0 amide bonds. The molecule has 3 rings (SSSR count). The molecule has 0 atom stereocenters. The second-order valence-corrected chi connectivity index (χ2v) is 7.32. The van der Waals surface area contributed by atoms with Gasteiger partial charge in [0.25, 0.3) is 0 Å². The fourth-order valence-electron chi connectivity index (χ4n) is 4.05. The van der Waals surface area contributed by atoms with Crippen LogP contribution < -0.4 is 10.1 Å². The Bertz CT molecular complexity index is 445. The molecule has 2 aliphatic rings. The van der Waals surface area contributed by atoms with Crippen molar-refractivity contribution in [3.63, 3.8) is 0 Å². The molecule has 2 heterocycles. The van der Waals surface area contributed by atoms with E-state index >= 15 is 0 Å². The molecule has 0 aliphatic carbocycles. The van der Waals surface area contributed by atoms with Crippen LogP contribution >= 0.6 is 0 Å². The summed E-state index contributed by atoms with van der Waals surface area (Å²) < 4.78 is 5.23. The average Bonchev–Trinajstić information content (AvgIpc) is 2.62. The average molecular weight is 316 g/mol. The summed E-state index contributed by atoms with van der Waals surface area (Å²) >= 11 is 0. The predicted octanol–water partition coefficient (Wildman–Crippen LogP) is 3.34. The van der Waals surface area contributed by atoms with Crippen molar-refractivity contribution in [1.29, 1.82) is 0 Å². The maximum absolute atomic E-state index is 5.23. The number of nitrogens with zero attached hydrogens (tertiary/aromatic N) is 1. The van der Waals surface area contributed by atoms with Gasteiger partial charge < -0.3 is 15.0 Å². The van der Waals surface area contributed by atoms with E-state index in [2.05, 4.69) is 34.5 Å². The van der Waals surface area contributed by atoms with E-state index < -0.39 is 0 Å². The largest absolute Gasteiger partial charge is 0.497 e. The lowest BCUT2D eigenvalue weighted by atomic mass is 9.89. The quantitative estimate of drug-likeness (QED) is 0.871. The molecule has 2 aliphatic heterocycles. The van der Waals surface area contributed by atoms with Crippen molar-refractivity contribution >= 4 is 0 Å². The molecule has 2 fully saturated rings. The van der Waals surface area contributed by atoms with Gasteiger partial charge in [-0.15, -0.1) is 0 Å². The smallest absolute Gasteiger partial charge is 0.118 e. The van der Waals surface area contributed by atoms with Gasteiger partial charge in [-0.2, -0.15) is 0 Å². The molecule has 3 heteroatoms. The van der Waals surface area contributed by atoms with E-state index in [1.807, 2.05) is 0 Å². The second kappa shape index (κ2) is 8.70. The van der Waals surface area contributed by atoms with Crippen molar-refractivity contribution in [2.24, 2.45) is 11.8 Å². The molecule has 0 bridgehead atoms. The van der Waals surface area contributed by atoms with E-state index in [0.29, 0.717) is 0 Å². The fourth-order valence-corrected chi connectivity index (χ4v) is 4.05. The highest BCUT2D eigenvalue weighted by Crippen LogP contribution is 2.24. The number of benzene rings is 1. The molecular formula is C20H32N2O. The Morgan fingerprint density at radius 3 is 2.35 bits per heavy atom. The summed E-state index contributed by atoms with van der Waals surface area (Å²) in [7, 11) is 1.73. The molecule has 128 valence electrons. The molecule has 0 unspecified atom stereocenters. The van der Waals surface area contributed by atoms with Crippen LogP contribution in [0.3, 0.4) is 0 Å². The molecule has 2 saturated heterocycles. The Kier molecular flexibility index (Phi) is 6.35.